The molecule has 0 aliphatic rings. The number of aryl methyl sites for hydroxylation is 1. The molecule has 2 heteroatoms. The molecule has 0 unspecified atom stereocenters. The average molecular weight is 234 g/mol. The second kappa shape index (κ2) is 9.15. The predicted octanol–water partition coefficient (Wildman–Crippen LogP) is 4.79. The smallest absolute Gasteiger partial charge is 0.155 e. The van der Waals surface area contributed by atoms with Gasteiger partial charge in [0.1, 0.15) is 0 Å². The maximum absolute atomic E-state index is 9.42. The van der Waals surface area contributed by atoms with Crippen molar-refractivity contribution in [3.63, 3.8) is 0 Å². The number of hydrogen-bond acceptors (Lipinski definition) is 0. The van der Waals surface area contributed by atoms with Gasteiger partial charge in [0.25, 0.3) is 0 Å². The van der Waals surface area contributed by atoms with Crippen molar-refractivity contribution in [2.75, 3.05) is 0 Å². The Morgan fingerprint density at radius 1 is 0.941 bits per heavy atom. The normalized spacial score (nSPS) is 10.9. The fourth-order valence-electron chi connectivity index (χ4n) is 2.22. The number of aromatic amines is 1. The second-order valence-electron chi connectivity index (χ2n) is 4.93. The Morgan fingerprint density at radius 2 is 1.53 bits per heavy atom. The SMILES string of the molecule is CCCCCCCCCCCc1cc[nH]c1[N]. The highest BCUT2D eigenvalue weighted by Crippen LogP contribution is 2.15. The molecule has 2 nitrogen and oxygen atoms in total. The van der Waals surface area contributed by atoms with Crippen molar-refractivity contribution in [1.82, 2.24) is 10.7 Å². The van der Waals surface area contributed by atoms with Crippen LogP contribution in [0.3, 0.4) is 0 Å². The molecular weight excluding hydrogens is 208 g/mol. The largest absolute Gasteiger partial charge is 0.345 e. The van der Waals surface area contributed by atoms with E-state index in [1.807, 2.05) is 6.07 Å². The van der Waals surface area contributed by atoms with E-state index in [0.717, 1.165) is 12.0 Å². The molecule has 1 N–H and O–H groups in total. The van der Waals surface area contributed by atoms with E-state index >= 15 is 0 Å². The van der Waals surface area contributed by atoms with Crippen molar-refractivity contribution in [1.29, 1.82) is 0 Å². The van der Waals surface area contributed by atoms with Crippen molar-refractivity contribution >= 4 is 5.82 Å². The first kappa shape index (κ1) is 14.1. The van der Waals surface area contributed by atoms with Crippen molar-refractivity contribution in [3.8, 4) is 0 Å². The summed E-state index contributed by atoms with van der Waals surface area (Å²) in [6, 6.07) is 1.97. The van der Waals surface area contributed by atoms with E-state index in [4.69, 9.17) is 0 Å². The molecule has 1 rings (SSSR count). The summed E-state index contributed by atoms with van der Waals surface area (Å²) in [6.45, 7) is 2.26. The van der Waals surface area contributed by atoms with Gasteiger partial charge < -0.3 is 4.98 Å². The van der Waals surface area contributed by atoms with Crippen LogP contribution in [0.2, 0.25) is 0 Å². The third kappa shape index (κ3) is 6.40. The van der Waals surface area contributed by atoms with Crippen molar-refractivity contribution in [3.05, 3.63) is 17.8 Å². The lowest BCUT2D eigenvalue weighted by Crippen LogP contribution is -1.86. The summed E-state index contributed by atoms with van der Waals surface area (Å²) >= 11 is 0. The minimum Gasteiger partial charge on any atom is -0.345 e. The molecule has 0 amide bonds. The molecule has 0 atom stereocenters. The maximum Gasteiger partial charge on any atom is 0.155 e. The van der Waals surface area contributed by atoms with Crippen LogP contribution >= 0.6 is 0 Å². The van der Waals surface area contributed by atoms with Gasteiger partial charge in [0, 0.05) is 6.20 Å². The van der Waals surface area contributed by atoms with E-state index in [1.54, 1.807) is 6.20 Å². The van der Waals surface area contributed by atoms with Crippen molar-refractivity contribution in [2.24, 2.45) is 0 Å². The first-order valence-electron chi connectivity index (χ1n) is 7.19. The van der Waals surface area contributed by atoms with Crippen LogP contribution < -0.4 is 5.73 Å². The Kier molecular flexibility index (Phi) is 7.61. The summed E-state index contributed by atoms with van der Waals surface area (Å²) in [5.74, 6) is 0.351. The molecule has 96 valence electrons. The standard InChI is InChI=1S/C15H26N2/c1-2-3-4-5-6-7-8-9-10-11-14-12-13-17-15(14)16/h12-13,17H,2-11H2,1H3. The third-order valence-corrected chi connectivity index (χ3v) is 3.36. The van der Waals surface area contributed by atoms with Gasteiger partial charge in [-0.1, -0.05) is 58.3 Å². The highest BCUT2D eigenvalue weighted by atomic mass is 14.8. The number of nitrogens with one attached hydrogen (secondary N) is 1. The number of unbranched alkanes of at least 4 members (excludes halogenated alkanes) is 8. The van der Waals surface area contributed by atoms with E-state index in [2.05, 4.69) is 11.9 Å². The monoisotopic (exact) mass is 234 g/mol. The number of rotatable bonds is 10. The number of H-pyrrole nitrogens is 1. The van der Waals surface area contributed by atoms with Crippen molar-refractivity contribution < 1.29 is 0 Å². The summed E-state index contributed by atoms with van der Waals surface area (Å²) < 4.78 is 0. The van der Waals surface area contributed by atoms with Crippen LogP contribution in [0.15, 0.2) is 12.3 Å². The van der Waals surface area contributed by atoms with Gasteiger partial charge in [-0.15, -0.1) is 5.73 Å². The average Bonchev–Trinajstić information content (AvgIpc) is 2.73. The Labute approximate surface area is 106 Å². The van der Waals surface area contributed by atoms with E-state index < -0.39 is 0 Å². The van der Waals surface area contributed by atoms with Gasteiger partial charge in [0.15, 0.2) is 5.82 Å². The van der Waals surface area contributed by atoms with Crippen LogP contribution in [0, 0.1) is 0 Å². The molecule has 0 aliphatic carbocycles. The van der Waals surface area contributed by atoms with Gasteiger partial charge in [0.05, 0.1) is 0 Å². The molecule has 1 aromatic heterocycles. The molecular formula is C15H26N2. The number of aromatic nitrogens is 1. The van der Waals surface area contributed by atoms with Gasteiger partial charge in [-0.05, 0) is 24.5 Å². The van der Waals surface area contributed by atoms with Crippen LogP contribution in [-0.2, 0) is 6.42 Å². The van der Waals surface area contributed by atoms with Crippen LogP contribution in [0.5, 0.6) is 0 Å². The van der Waals surface area contributed by atoms with E-state index in [9.17, 15) is 5.73 Å². The summed E-state index contributed by atoms with van der Waals surface area (Å²) in [5, 5.41) is 0. The third-order valence-electron chi connectivity index (χ3n) is 3.36. The lowest BCUT2D eigenvalue weighted by Gasteiger charge is -2.01. The van der Waals surface area contributed by atoms with Gasteiger partial charge >= 0.3 is 0 Å². The molecule has 0 aliphatic heterocycles. The van der Waals surface area contributed by atoms with Crippen LogP contribution in [-0.4, -0.2) is 4.98 Å². The highest BCUT2D eigenvalue weighted by Gasteiger charge is 2.00. The molecule has 0 saturated carbocycles. The molecule has 0 fully saturated rings. The Hall–Kier alpha value is -0.920. The summed E-state index contributed by atoms with van der Waals surface area (Å²) in [5.41, 5.74) is 10.5. The molecule has 17 heavy (non-hydrogen) atoms. The summed E-state index contributed by atoms with van der Waals surface area (Å²) in [4.78, 5) is 2.80. The van der Waals surface area contributed by atoms with Gasteiger partial charge in [0.2, 0.25) is 0 Å². The molecule has 0 spiro atoms. The molecule has 1 heterocycles. The molecule has 0 saturated heterocycles. The van der Waals surface area contributed by atoms with Crippen molar-refractivity contribution in [2.45, 2.75) is 71.1 Å². The quantitative estimate of drug-likeness (QED) is 0.565. The van der Waals surface area contributed by atoms with Gasteiger partial charge in [-0.2, -0.15) is 0 Å². The van der Waals surface area contributed by atoms with Gasteiger partial charge in [-0.3, -0.25) is 0 Å². The van der Waals surface area contributed by atoms with Crippen LogP contribution in [0.1, 0.15) is 70.3 Å². The number of hydrogen-bond donors (Lipinski definition) is 1. The second-order valence-corrected chi connectivity index (χ2v) is 4.93. The Morgan fingerprint density at radius 3 is 2.06 bits per heavy atom. The minimum absolute atomic E-state index is 0.351. The zero-order valence-electron chi connectivity index (χ0n) is 11.2. The summed E-state index contributed by atoms with van der Waals surface area (Å²) in [6.07, 6.45) is 15.0. The molecule has 2 radical (unpaired) electrons. The first-order valence-corrected chi connectivity index (χ1v) is 7.19. The Bertz CT molecular complexity index is 278. The minimum atomic E-state index is 0.351. The highest BCUT2D eigenvalue weighted by molar-refractivity contribution is 5.35. The summed E-state index contributed by atoms with van der Waals surface area (Å²) in [7, 11) is 0. The molecule has 0 aromatic carbocycles. The van der Waals surface area contributed by atoms with Crippen LogP contribution in [0.4, 0.5) is 5.82 Å². The number of nitrogens with zero attached hydrogens (tertiary/aromatic N) is 1. The maximum atomic E-state index is 9.42. The lowest BCUT2D eigenvalue weighted by molar-refractivity contribution is 0.565. The zero-order valence-corrected chi connectivity index (χ0v) is 11.2. The van der Waals surface area contributed by atoms with E-state index in [-0.39, 0.29) is 0 Å². The van der Waals surface area contributed by atoms with E-state index in [0.29, 0.717) is 5.82 Å². The van der Waals surface area contributed by atoms with Crippen LogP contribution in [0.25, 0.3) is 0 Å². The van der Waals surface area contributed by atoms with Gasteiger partial charge in [-0.25, -0.2) is 0 Å². The lowest BCUT2D eigenvalue weighted by atomic mass is 10.0. The van der Waals surface area contributed by atoms with E-state index in [1.165, 1.54) is 57.8 Å². The molecule has 1 aromatic rings. The fraction of sp³-hybridized carbons (Fsp3) is 0.733. The zero-order chi connectivity index (χ0) is 12.3. The fourth-order valence-corrected chi connectivity index (χ4v) is 2.22. The predicted molar refractivity (Wildman–Crippen MR) is 73.5 cm³/mol. The topological polar surface area (TPSA) is 38.1 Å². The molecule has 0 bridgehead atoms. The Balaban J connectivity index is 1.86. The first-order chi connectivity index (χ1) is 8.34.